The van der Waals surface area contributed by atoms with Crippen molar-refractivity contribution in [2.75, 3.05) is 6.54 Å². The molecule has 2 atom stereocenters. The number of rotatable bonds is 4. The summed E-state index contributed by atoms with van der Waals surface area (Å²) in [7, 11) is 2.12. The Morgan fingerprint density at radius 1 is 1.30 bits per heavy atom. The van der Waals surface area contributed by atoms with Crippen molar-refractivity contribution in [3.05, 3.63) is 53.1 Å². The van der Waals surface area contributed by atoms with Crippen LogP contribution in [0.3, 0.4) is 0 Å². The molecule has 1 aliphatic heterocycles. The number of hydrogen-bond donors (Lipinski definition) is 1. The van der Waals surface area contributed by atoms with Crippen LogP contribution in [0, 0.1) is 13.8 Å². The molecule has 0 saturated carbocycles. The lowest BCUT2D eigenvalue weighted by atomic mass is 9.96. The van der Waals surface area contributed by atoms with E-state index in [1.54, 1.807) is 0 Å². The lowest BCUT2D eigenvalue weighted by Gasteiger charge is -2.27. The molecule has 3 rings (SSSR count). The third-order valence-electron chi connectivity index (χ3n) is 4.80. The van der Waals surface area contributed by atoms with E-state index in [1.165, 1.54) is 17.0 Å². The second-order valence-electron chi connectivity index (χ2n) is 6.21. The molecule has 1 saturated heterocycles. The van der Waals surface area contributed by atoms with Crippen LogP contribution in [0.5, 0.6) is 0 Å². The van der Waals surface area contributed by atoms with Gasteiger partial charge in [0.2, 0.25) is 0 Å². The van der Waals surface area contributed by atoms with Crippen molar-refractivity contribution in [2.24, 2.45) is 7.05 Å². The molecule has 0 aliphatic carbocycles. The summed E-state index contributed by atoms with van der Waals surface area (Å²) in [4.78, 5) is 6.88. The predicted molar refractivity (Wildman–Crippen MR) is 97.3 cm³/mol. The summed E-state index contributed by atoms with van der Waals surface area (Å²) < 4.78 is 2.25. The van der Waals surface area contributed by atoms with Crippen molar-refractivity contribution < 1.29 is 0 Å². The highest BCUT2D eigenvalue weighted by atomic mass is 32.1. The van der Waals surface area contributed by atoms with E-state index in [2.05, 4.69) is 59.7 Å². The van der Waals surface area contributed by atoms with Gasteiger partial charge in [0.1, 0.15) is 0 Å². The number of pyridine rings is 1. The number of nitrogens with zero attached hydrogens (tertiary/aromatic N) is 3. The van der Waals surface area contributed by atoms with Gasteiger partial charge in [0.05, 0.1) is 17.8 Å². The van der Waals surface area contributed by atoms with Gasteiger partial charge in [-0.1, -0.05) is 13.0 Å². The van der Waals surface area contributed by atoms with Gasteiger partial charge >= 0.3 is 0 Å². The van der Waals surface area contributed by atoms with Crippen molar-refractivity contribution in [2.45, 2.75) is 39.3 Å². The first kappa shape index (κ1) is 16.0. The van der Waals surface area contributed by atoms with Crippen LogP contribution >= 0.6 is 12.2 Å². The second-order valence-corrected chi connectivity index (χ2v) is 6.59. The standard InChI is InChI=1S/C18H24N4S/c1-5-10-22-17(14-11-12(2)21(4)13(14)3)16(20-18(22)23)15-8-6-7-9-19-15/h6-9,11,16-17H,5,10H2,1-4H3,(H,20,23). The summed E-state index contributed by atoms with van der Waals surface area (Å²) in [6.45, 7) is 7.48. The number of aryl methyl sites for hydroxylation is 1. The minimum atomic E-state index is 0.0933. The zero-order valence-electron chi connectivity index (χ0n) is 14.2. The summed E-state index contributed by atoms with van der Waals surface area (Å²) in [6, 6.07) is 8.64. The topological polar surface area (TPSA) is 33.1 Å². The molecule has 2 unspecified atom stereocenters. The van der Waals surface area contributed by atoms with Gasteiger partial charge in [-0.25, -0.2) is 0 Å². The molecule has 0 spiro atoms. The molecule has 1 aliphatic rings. The fourth-order valence-corrected chi connectivity index (χ4v) is 3.74. The average Bonchev–Trinajstić information content (AvgIpc) is 3.01. The lowest BCUT2D eigenvalue weighted by molar-refractivity contribution is 0.316. The summed E-state index contributed by atoms with van der Waals surface area (Å²) in [6.07, 6.45) is 2.92. The van der Waals surface area contributed by atoms with E-state index in [0.717, 1.165) is 23.8 Å². The summed E-state index contributed by atoms with van der Waals surface area (Å²) in [5, 5.41) is 4.32. The van der Waals surface area contributed by atoms with E-state index in [9.17, 15) is 0 Å². The maximum atomic E-state index is 5.62. The first-order valence-corrected chi connectivity index (χ1v) is 8.56. The number of hydrogen-bond acceptors (Lipinski definition) is 2. The maximum Gasteiger partial charge on any atom is 0.170 e. The van der Waals surface area contributed by atoms with Gasteiger partial charge in [-0.2, -0.15) is 0 Å². The van der Waals surface area contributed by atoms with E-state index >= 15 is 0 Å². The largest absolute Gasteiger partial charge is 0.352 e. The van der Waals surface area contributed by atoms with Crippen LogP contribution in [0.15, 0.2) is 30.5 Å². The van der Waals surface area contributed by atoms with Crippen LogP contribution in [0.1, 0.15) is 48.1 Å². The van der Waals surface area contributed by atoms with Crippen molar-refractivity contribution in [1.82, 2.24) is 19.8 Å². The molecule has 23 heavy (non-hydrogen) atoms. The Labute approximate surface area is 143 Å². The summed E-state index contributed by atoms with van der Waals surface area (Å²) in [5.41, 5.74) is 4.94. The van der Waals surface area contributed by atoms with Crippen LogP contribution < -0.4 is 5.32 Å². The molecular formula is C18H24N4S. The first-order valence-electron chi connectivity index (χ1n) is 8.15. The Morgan fingerprint density at radius 3 is 2.65 bits per heavy atom. The Bertz CT molecular complexity index is 707. The molecule has 4 nitrogen and oxygen atoms in total. The molecule has 2 aromatic rings. The Balaban J connectivity index is 2.09. The van der Waals surface area contributed by atoms with Crippen molar-refractivity contribution in [3.8, 4) is 0 Å². The monoisotopic (exact) mass is 328 g/mol. The van der Waals surface area contributed by atoms with E-state index < -0.39 is 0 Å². The third-order valence-corrected chi connectivity index (χ3v) is 5.15. The normalized spacial score (nSPS) is 20.9. The zero-order chi connectivity index (χ0) is 16.6. The second kappa shape index (κ2) is 6.32. The third kappa shape index (κ3) is 2.74. The van der Waals surface area contributed by atoms with Gasteiger partial charge in [0.25, 0.3) is 0 Å². The highest BCUT2D eigenvalue weighted by Gasteiger charge is 2.40. The molecule has 0 amide bonds. The van der Waals surface area contributed by atoms with E-state index in [-0.39, 0.29) is 12.1 Å². The zero-order valence-corrected chi connectivity index (χ0v) is 15.0. The number of thiocarbonyl (C=S) groups is 1. The van der Waals surface area contributed by atoms with Gasteiger partial charge < -0.3 is 14.8 Å². The van der Waals surface area contributed by atoms with Crippen LogP contribution in [0.25, 0.3) is 0 Å². The van der Waals surface area contributed by atoms with Crippen LogP contribution in [-0.4, -0.2) is 26.1 Å². The molecule has 3 heterocycles. The van der Waals surface area contributed by atoms with Gasteiger partial charge in [-0.05, 0) is 56.2 Å². The Kier molecular flexibility index (Phi) is 4.39. The minimum absolute atomic E-state index is 0.0933. The fourth-order valence-electron chi connectivity index (χ4n) is 3.41. The Hall–Kier alpha value is -1.88. The Morgan fingerprint density at radius 2 is 2.09 bits per heavy atom. The van der Waals surface area contributed by atoms with Crippen molar-refractivity contribution >= 4 is 17.3 Å². The van der Waals surface area contributed by atoms with Crippen molar-refractivity contribution in [3.63, 3.8) is 0 Å². The SMILES string of the molecule is CCCN1C(=S)NC(c2ccccn2)C1c1cc(C)n(C)c1C. The lowest BCUT2D eigenvalue weighted by Crippen LogP contribution is -2.30. The summed E-state index contributed by atoms with van der Waals surface area (Å²) >= 11 is 5.62. The average molecular weight is 328 g/mol. The molecule has 0 bridgehead atoms. The van der Waals surface area contributed by atoms with Crippen LogP contribution in [0.4, 0.5) is 0 Å². The molecule has 0 aromatic carbocycles. The highest BCUT2D eigenvalue weighted by Crippen LogP contribution is 2.40. The maximum absolute atomic E-state index is 5.62. The predicted octanol–water partition coefficient (Wildman–Crippen LogP) is 3.42. The van der Waals surface area contributed by atoms with E-state index in [1.807, 2.05) is 18.3 Å². The molecule has 1 fully saturated rings. The molecule has 0 radical (unpaired) electrons. The molecule has 1 N–H and O–H groups in total. The minimum Gasteiger partial charge on any atom is -0.352 e. The van der Waals surface area contributed by atoms with Gasteiger partial charge in [0, 0.05) is 31.2 Å². The van der Waals surface area contributed by atoms with Crippen LogP contribution in [-0.2, 0) is 7.05 Å². The molecule has 2 aromatic heterocycles. The molecule has 5 heteroatoms. The molecule has 122 valence electrons. The summed E-state index contributed by atoms with van der Waals surface area (Å²) in [5.74, 6) is 0. The number of nitrogens with one attached hydrogen (secondary N) is 1. The highest BCUT2D eigenvalue weighted by molar-refractivity contribution is 7.80. The fraction of sp³-hybridized carbons (Fsp3) is 0.444. The van der Waals surface area contributed by atoms with E-state index in [4.69, 9.17) is 12.2 Å². The van der Waals surface area contributed by atoms with Gasteiger partial charge in [-0.3, -0.25) is 4.98 Å². The quantitative estimate of drug-likeness (QED) is 0.872. The van der Waals surface area contributed by atoms with Gasteiger partial charge in [0.15, 0.2) is 5.11 Å². The molecular weight excluding hydrogens is 304 g/mol. The van der Waals surface area contributed by atoms with Crippen LogP contribution in [0.2, 0.25) is 0 Å². The number of aromatic nitrogens is 2. The van der Waals surface area contributed by atoms with Gasteiger partial charge in [-0.15, -0.1) is 0 Å². The van der Waals surface area contributed by atoms with Crippen molar-refractivity contribution in [1.29, 1.82) is 0 Å². The smallest absolute Gasteiger partial charge is 0.170 e. The van der Waals surface area contributed by atoms with E-state index in [0.29, 0.717) is 0 Å². The first-order chi connectivity index (χ1) is 11.0.